The second-order valence-corrected chi connectivity index (χ2v) is 11.6. The molecule has 2 amide bonds. The zero-order valence-corrected chi connectivity index (χ0v) is 25.2. The van der Waals surface area contributed by atoms with Gasteiger partial charge in [0.1, 0.15) is 24.1 Å². The number of ether oxygens (including phenoxy) is 2. The van der Waals surface area contributed by atoms with Gasteiger partial charge in [0.2, 0.25) is 11.8 Å². The number of amides is 2. The van der Waals surface area contributed by atoms with Gasteiger partial charge < -0.3 is 19.7 Å². The van der Waals surface area contributed by atoms with Crippen LogP contribution in [0.5, 0.6) is 11.5 Å². The number of hydrogen-bond acceptors (Lipinski definition) is 6. The molecule has 9 nitrogen and oxygen atoms in total. The summed E-state index contributed by atoms with van der Waals surface area (Å²) in [5.74, 6) is -0.0827. The van der Waals surface area contributed by atoms with E-state index in [1.165, 1.54) is 31.2 Å². The Hall–Kier alpha value is -4.83. The van der Waals surface area contributed by atoms with Crippen molar-refractivity contribution in [3.63, 3.8) is 0 Å². The van der Waals surface area contributed by atoms with Crippen LogP contribution in [0.3, 0.4) is 0 Å². The summed E-state index contributed by atoms with van der Waals surface area (Å²) in [6.07, 6.45) is 0.219. The van der Waals surface area contributed by atoms with Crippen molar-refractivity contribution >= 4 is 27.5 Å². The molecule has 4 aromatic carbocycles. The Morgan fingerprint density at radius 1 is 0.791 bits per heavy atom. The number of hydrogen-bond donors (Lipinski definition) is 1. The fraction of sp³-hybridized carbons (Fsp3) is 0.212. The van der Waals surface area contributed by atoms with Crippen LogP contribution in [0.1, 0.15) is 11.1 Å². The lowest BCUT2D eigenvalue weighted by Crippen LogP contribution is -2.53. The van der Waals surface area contributed by atoms with Crippen molar-refractivity contribution in [3.05, 3.63) is 120 Å². The van der Waals surface area contributed by atoms with E-state index in [4.69, 9.17) is 9.47 Å². The molecule has 0 aliphatic rings. The number of methoxy groups -OCH3 is 2. The van der Waals surface area contributed by atoms with E-state index in [1.54, 1.807) is 67.8 Å². The Labute approximate surface area is 252 Å². The number of nitrogens with one attached hydrogen (secondary N) is 1. The molecule has 4 rings (SSSR count). The molecule has 10 heteroatoms. The minimum Gasteiger partial charge on any atom is -0.497 e. The number of nitrogens with zero attached hydrogens (tertiary/aromatic N) is 2. The lowest BCUT2D eigenvalue weighted by Gasteiger charge is -2.34. The SMILES string of the molecule is CNC(=O)[C@H](Cc1ccccc1)N(Cc1cccc(OC)c1)C(=O)CN(c1ccccc1OC)S(=O)(=O)c1ccccc1. The van der Waals surface area contributed by atoms with Gasteiger partial charge in [-0.15, -0.1) is 0 Å². The minimum atomic E-state index is -4.22. The number of benzene rings is 4. The first-order valence-corrected chi connectivity index (χ1v) is 15.1. The van der Waals surface area contributed by atoms with Crippen molar-refractivity contribution in [2.45, 2.75) is 23.9 Å². The van der Waals surface area contributed by atoms with Gasteiger partial charge in [-0.3, -0.25) is 13.9 Å². The maximum absolute atomic E-state index is 14.4. The Morgan fingerprint density at radius 3 is 2.07 bits per heavy atom. The predicted molar refractivity (Wildman–Crippen MR) is 166 cm³/mol. The third kappa shape index (κ3) is 7.52. The molecule has 0 aliphatic carbocycles. The number of para-hydroxylation sites is 2. The number of carbonyl (C=O) groups excluding carboxylic acids is 2. The molecule has 0 aromatic heterocycles. The molecule has 1 N–H and O–H groups in total. The smallest absolute Gasteiger partial charge is 0.264 e. The average Bonchev–Trinajstić information content (AvgIpc) is 3.05. The summed E-state index contributed by atoms with van der Waals surface area (Å²) in [7, 11) is 0.267. The summed E-state index contributed by atoms with van der Waals surface area (Å²) in [5.41, 5.74) is 1.76. The highest BCUT2D eigenvalue weighted by Crippen LogP contribution is 2.32. The maximum atomic E-state index is 14.4. The van der Waals surface area contributed by atoms with Crippen LogP contribution in [0.15, 0.2) is 114 Å². The average molecular weight is 602 g/mol. The largest absolute Gasteiger partial charge is 0.497 e. The summed E-state index contributed by atoms with van der Waals surface area (Å²) in [6, 6.07) is 30.1. The van der Waals surface area contributed by atoms with E-state index in [2.05, 4.69) is 5.32 Å². The second-order valence-electron chi connectivity index (χ2n) is 9.69. The van der Waals surface area contributed by atoms with E-state index < -0.39 is 28.5 Å². The third-order valence-corrected chi connectivity index (χ3v) is 8.74. The fourth-order valence-corrected chi connectivity index (χ4v) is 6.20. The molecule has 0 unspecified atom stereocenters. The number of sulfonamides is 1. The van der Waals surface area contributed by atoms with Crippen LogP contribution in [0.4, 0.5) is 5.69 Å². The first-order valence-electron chi connectivity index (χ1n) is 13.7. The van der Waals surface area contributed by atoms with Crippen LogP contribution < -0.4 is 19.1 Å². The van der Waals surface area contributed by atoms with Gasteiger partial charge in [-0.1, -0.05) is 72.8 Å². The molecular formula is C33H35N3O6S. The lowest BCUT2D eigenvalue weighted by atomic mass is 10.0. The molecule has 43 heavy (non-hydrogen) atoms. The maximum Gasteiger partial charge on any atom is 0.264 e. The van der Waals surface area contributed by atoms with Crippen LogP contribution >= 0.6 is 0 Å². The van der Waals surface area contributed by atoms with Crippen molar-refractivity contribution in [2.75, 3.05) is 32.1 Å². The fourth-order valence-electron chi connectivity index (χ4n) is 4.76. The third-order valence-electron chi connectivity index (χ3n) is 6.97. The Bertz CT molecular complexity index is 1630. The first-order chi connectivity index (χ1) is 20.8. The first kappa shape index (κ1) is 31.1. The highest BCUT2D eigenvalue weighted by Gasteiger charge is 2.35. The predicted octanol–water partition coefficient (Wildman–Crippen LogP) is 4.29. The molecule has 0 heterocycles. The van der Waals surface area contributed by atoms with Crippen molar-refractivity contribution in [3.8, 4) is 11.5 Å². The number of carbonyl (C=O) groups is 2. The van der Waals surface area contributed by atoms with E-state index in [9.17, 15) is 18.0 Å². The number of rotatable bonds is 13. The van der Waals surface area contributed by atoms with E-state index >= 15 is 0 Å². The van der Waals surface area contributed by atoms with Crippen LogP contribution in [0.2, 0.25) is 0 Å². The van der Waals surface area contributed by atoms with Gasteiger partial charge in [-0.2, -0.15) is 0 Å². The zero-order chi connectivity index (χ0) is 30.8. The Kier molecular flexibility index (Phi) is 10.4. The molecule has 0 aliphatic heterocycles. The van der Waals surface area contributed by atoms with Crippen molar-refractivity contribution < 1.29 is 27.5 Å². The van der Waals surface area contributed by atoms with Gasteiger partial charge in [-0.25, -0.2) is 8.42 Å². The van der Waals surface area contributed by atoms with Crippen LogP contribution in [-0.4, -0.2) is 59.0 Å². The van der Waals surface area contributed by atoms with E-state index in [-0.39, 0.29) is 35.2 Å². The van der Waals surface area contributed by atoms with E-state index in [1.807, 2.05) is 36.4 Å². The summed E-state index contributed by atoms with van der Waals surface area (Å²) >= 11 is 0. The quantitative estimate of drug-likeness (QED) is 0.245. The minimum absolute atomic E-state index is 0.0141. The van der Waals surface area contributed by atoms with Crippen molar-refractivity contribution in [2.24, 2.45) is 0 Å². The number of likely N-dealkylation sites (N-methyl/N-ethyl adjacent to an activating group) is 1. The van der Waals surface area contributed by atoms with Crippen molar-refractivity contribution in [1.82, 2.24) is 10.2 Å². The Balaban J connectivity index is 1.81. The zero-order valence-electron chi connectivity index (χ0n) is 24.3. The second kappa shape index (κ2) is 14.4. The topological polar surface area (TPSA) is 105 Å². The van der Waals surface area contributed by atoms with Gasteiger partial charge in [0.05, 0.1) is 24.8 Å². The number of anilines is 1. The molecule has 0 radical (unpaired) electrons. The van der Waals surface area contributed by atoms with Gasteiger partial charge >= 0.3 is 0 Å². The van der Waals surface area contributed by atoms with Crippen LogP contribution in [-0.2, 0) is 32.6 Å². The van der Waals surface area contributed by atoms with Gasteiger partial charge in [-0.05, 0) is 47.5 Å². The highest BCUT2D eigenvalue weighted by atomic mass is 32.2. The molecule has 1 atom stereocenters. The van der Waals surface area contributed by atoms with Gasteiger partial charge in [0.15, 0.2) is 0 Å². The lowest BCUT2D eigenvalue weighted by molar-refractivity contribution is -0.139. The monoisotopic (exact) mass is 601 g/mol. The molecule has 0 saturated heterocycles. The van der Waals surface area contributed by atoms with E-state index in [0.29, 0.717) is 11.3 Å². The normalized spacial score (nSPS) is 11.7. The molecule has 0 fully saturated rings. The summed E-state index contributed by atoms with van der Waals surface area (Å²) in [5, 5.41) is 2.68. The molecule has 0 spiro atoms. The summed E-state index contributed by atoms with van der Waals surface area (Å²) in [6.45, 7) is -0.546. The molecule has 224 valence electrons. The van der Waals surface area contributed by atoms with Crippen molar-refractivity contribution in [1.29, 1.82) is 0 Å². The molecular weight excluding hydrogens is 566 g/mol. The molecule has 0 saturated carbocycles. The van der Waals surface area contributed by atoms with Crippen LogP contribution in [0.25, 0.3) is 0 Å². The standard InChI is InChI=1S/C33H35N3O6S/c1-34-33(38)30(22-25-13-6-4-7-14-25)35(23-26-15-12-16-27(21-26)41-2)32(37)24-36(29-19-10-11-20-31(29)42-3)43(39,40)28-17-8-5-9-18-28/h4-21,30H,22-24H2,1-3H3,(H,34,38)/t30-/m0/s1. The van der Waals surface area contributed by atoms with Gasteiger partial charge in [0, 0.05) is 20.0 Å². The van der Waals surface area contributed by atoms with E-state index in [0.717, 1.165) is 9.87 Å². The molecule has 0 bridgehead atoms. The highest BCUT2D eigenvalue weighted by molar-refractivity contribution is 7.92. The summed E-state index contributed by atoms with van der Waals surface area (Å²) < 4.78 is 40.0. The summed E-state index contributed by atoms with van der Waals surface area (Å²) in [4.78, 5) is 29.2. The Morgan fingerprint density at radius 2 is 1.42 bits per heavy atom. The van der Waals surface area contributed by atoms with Gasteiger partial charge in [0.25, 0.3) is 10.0 Å². The van der Waals surface area contributed by atoms with Crippen LogP contribution in [0, 0.1) is 0 Å². The molecule has 4 aromatic rings.